The van der Waals surface area contributed by atoms with E-state index in [-0.39, 0.29) is 29.4 Å². The molecule has 0 unspecified atom stereocenters. The Labute approximate surface area is 168 Å². The SMILES string of the molecule is Cc1cccc(CN2[C@@H]3C(=O)C=C[C@H]2[C@@H]2C(=O)N(c4ccc(O)cc4)C(=O)[C@@H]23)c1. The summed E-state index contributed by atoms with van der Waals surface area (Å²) < 4.78 is 0. The first kappa shape index (κ1) is 17.8. The van der Waals surface area contributed by atoms with Gasteiger partial charge in [0.1, 0.15) is 5.75 Å². The maximum atomic E-state index is 13.3. The van der Waals surface area contributed by atoms with Gasteiger partial charge in [-0.3, -0.25) is 19.3 Å². The molecule has 3 heterocycles. The topological polar surface area (TPSA) is 77.9 Å². The lowest BCUT2D eigenvalue weighted by molar-refractivity contribution is -0.129. The lowest BCUT2D eigenvalue weighted by Gasteiger charge is -2.33. The molecule has 3 aliphatic rings. The van der Waals surface area contributed by atoms with Crippen molar-refractivity contribution in [2.45, 2.75) is 25.6 Å². The van der Waals surface area contributed by atoms with Gasteiger partial charge in [-0.15, -0.1) is 0 Å². The van der Waals surface area contributed by atoms with E-state index in [2.05, 4.69) is 6.07 Å². The van der Waals surface area contributed by atoms with Gasteiger partial charge in [0.2, 0.25) is 11.8 Å². The molecule has 0 aliphatic carbocycles. The first-order chi connectivity index (χ1) is 14.0. The first-order valence-electron chi connectivity index (χ1n) is 9.66. The van der Waals surface area contributed by atoms with E-state index in [0.29, 0.717) is 12.2 Å². The minimum atomic E-state index is -0.686. The number of imide groups is 1. The van der Waals surface area contributed by atoms with Crippen LogP contribution in [-0.2, 0) is 20.9 Å². The summed E-state index contributed by atoms with van der Waals surface area (Å²) in [5.41, 5.74) is 2.60. The van der Waals surface area contributed by atoms with Crippen LogP contribution in [0.25, 0.3) is 0 Å². The van der Waals surface area contributed by atoms with Crippen molar-refractivity contribution >= 4 is 23.3 Å². The van der Waals surface area contributed by atoms with Crippen LogP contribution >= 0.6 is 0 Å². The first-order valence-corrected chi connectivity index (χ1v) is 9.66. The minimum Gasteiger partial charge on any atom is -0.508 e. The van der Waals surface area contributed by atoms with Crippen molar-refractivity contribution in [1.82, 2.24) is 4.90 Å². The molecule has 2 bridgehead atoms. The van der Waals surface area contributed by atoms with Crippen LogP contribution in [0.15, 0.2) is 60.7 Å². The Morgan fingerprint density at radius 3 is 2.41 bits per heavy atom. The van der Waals surface area contributed by atoms with Gasteiger partial charge in [-0.2, -0.15) is 0 Å². The van der Waals surface area contributed by atoms with Crippen LogP contribution in [0.3, 0.4) is 0 Å². The van der Waals surface area contributed by atoms with E-state index >= 15 is 0 Å². The number of phenolic OH excluding ortho intramolecular Hbond substituents is 1. The summed E-state index contributed by atoms with van der Waals surface area (Å²) in [5.74, 6) is -1.96. The Kier molecular flexibility index (Phi) is 3.93. The summed E-state index contributed by atoms with van der Waals surface area (Å²) in [4.78, 5) is 42.4. The molecule has 2 aromatic rings. The molecular formula is C23H20N2O4. The van der Waals surface area contributed by atoms with Gasteiger partial charge in [0.25, 0.3) is 0 Å². The number of nitrogens with zero attached hydrogens (tertiary/aromatic N) is 2. The normalized spacial score (nSPS) is 28.3. The summed E-state index contributed by atoms with van der Waals surface area (Å²) in [6, 6.07) is 13.1. The Bertz CT molecular complexity index is 1060. The highest BCUT2D eigenvalue weighted by Gasteiger charge is 2.64. The van der Waals surface area contributed by atoms with Gasteiger partial charge < -0.3 is 5.11 Å². The van der Waals surface area contributed by atoms with Crippen LogP contribution in [0.4, 0.5) is 5.69 Å². The summed E-state index contributed by atoms with van der Waals surface area (Å²) in [5, 5.41) is 9.50. The number of aromatic hydroxyl groups is 1. The molecule has 146 valence electrons. The Morgan fingerprint density at radius 1 is 0.966 bits per heavy atom. The highest BCUT2D eigenvalue weighted by Crippen LogP contribution is 2.47. The van der Waals surface area contributed by atoms with Gasteiger partial charge in [0.15, 0.2) is 5.78 Å². The Hall–Kier alpha value is -3.25. The van der Waals surface area contributed by atoms with Gasteiger partial charge in [0, 0.05) is 12.6 Å². The largest absolute Gasteiger partial charge is 0.508 e. The molecule has 2 amide bonds. The van der Waals surface area contributed by atoms with E-state index in [9.17, 15) is 19.5 Å². The van der Waals surface area contributed by atoms with Crippen LogP contribution in [0, 0.1) is 18.8 Å². The molecule has 29 heavy (non-hydrogen) atoms. The third-order valence-corrected chi connectivity index (χ3v) is 6.15. The highest BCUT2D eigenvalue weighted by atomic mass is 16.3. The van der Waals surface area contributed by atoms with Crippen LogP contribution in [0.5, 0.6) is 5.75 Å². The fourth-order valence-electron chi connectivity index (χ4n) is 4.95. The molecule has 3 aliphatic heterocycles. The van der Waals surface area contributed by atoms with E-state index in [1.807, 2.05) is 30.0 Å². The molecule has 2 aromatic carbocycles. The van der Waals surface area contributed by atoms with Crippen molar-refractivity contribution < 1.29 is 19.5 Å². The van der Waals surface area contributed by atoms with E-state index < -0.39 is 17.9 Å². The van der Waals surface area contributed by atoms with Crippen LogP contribution in [0.1, 0.15) is 11.1 Å². The van der Waals surface area contributed by atoms with Crippen molar-refractivity contribution in [2.24, 2.45) is 11.8 Å². The fourth-order valence-corrected chi connectivity index (χ4v) is 4.95. The second kappa shape index (κ2) is 6.39. The molecule has 4 atom stereocenters. The average molecular weight is 388 g/mol. The van der Waals surface area contributed by atoms with E-state index in [1.165, 1.54) is 23.1 Å². The number of rotatable bonds is 3. The number of anilines is 1. The van der Waals surface area contributed by atoms with E-state index in [4.69, 9.17) is 0 Å². The number of hydrogen-bond acceptors (Lipinski definition) is 5. The van der Waals surface area contributed by atoms with Crippen molar-refractivity contribution in [3.05, 3.63) is 71.8 Å². The highest BCUT2D eigenvalue weighted by molar-refractivity contribution is 6.24. The molecule has 0 spiro atoms. The number of hydrogen-bond donors (Lipinski definition) is 1. The number of aryl methyl sites for hydroxylation is 1. The van der Waals surface area contributed by atoms with Crippen molar-refractivity contribution in [3.8, 4) is 5.75 Å². The second-order valence-electron chi connectivity index (χ2n) is 7.94. The standard InChI is InChI=1S/C23H20N2O4/c1-13-3-2-4-14(11-13)12-24-17-9-10-18(27)21(24)20-19(17)22(28)25(23(20)29)15-5-7-16(26)8-6-15/h2-11,17,19-21,26H,12H2,1H3/t17-,19-,20-,21+/m0/s1. The molecular weight excluding hydrogens is 368 g/mol. The Morgan fingerprint density at radius 2 is 1.69 bits per heavy atom. The molecule has 1 N–H and O–H groups in total. The number of carbonyl (C=O) groups is 3. The number of ketones is 1. The summed E-state index contributed by atoms with van der Waals surface area (Å²) >= 11 is 0. The smallest absolute Gasteiger partial charge is 0.239 e. The predicted octanol–water partition coefficient (Wildman–Crippen LogP) is 2.20. The van der Waals surface area contributed by atoms with Crippen molar-refractivity contribution in [3.63, 3.8) is 0 Å². The molecule has 0 aromatic heterocycles. The molecule has 6 nitrogen and oxygen atoms in total. The average Bonchev–Trinajstić information content (AvgIpc) is 3.07. The molecule has 2 saturated heterocycles. The second-order valence-corrected chi connectivity index (χ2v) is 7.94. The number of benzene rings is 2. The third kappa shape index (κ3) is 2.63. The predicted molar refractivity (Wildman–Crippen MR) is 106 cm³/mol. The van der Waals surface area contributed by atoms with E-state index in [0.717, 1.165) is 11.1 Å². The maximum absolute atomic E-state index is 13.3. The monoisotopic (exact) mass is 388 g/mol. The number of amides is 2. The number of phenols is 1. The van der Waals surface area contributed by atoms with Crippen LogP contribution in [-0.4, -0.2) is 39.7 Å². The number of carbonyl (C=O) groups excluding carboxylic acids is 3. The lowest BCUT2D eigenvalue weighted by atomic mass is 9.90. The van der Waals surface area contributed by atoms with Crippen LogP contribution < -0.4 is 4.90 Å². The van der Waals surface area contributed by atoms with E-state index in [1.54, 1.807) is 18.2 Å². The summed E-state index contributed by atoms with van der Waals surface area (Å²) in [6.45, 7) is 2.52. The zero-order valence-electron chi connectivity index (χ0n) is 15.9. The quantitative estimate of drug-likeness (QED) is 0.816. The molecule has 6 heteroatoms. The summed E-state index contributed by atoms with van der Waals surface area (Å²) in [6.07, 6.45) is 3.29. The van der Waals surface area contributed by atoms with Crippen molar-refractivity contribution in [2.75, 3.05) is 4.90 Å². The molecule has 5 rings (SSSR count). The zero-order chi connectivity index (χ0) is 20.3. The molecule has 0 radical (unpaired) electrons. The Balaban J connectivity index is 1.51. The van der Waals surface area contributed by atoms with Gasteiger partial charge in [-0.1, -0.05) is 35.9 Å². The molecule has 2 fully saturated rings. The lowest BCUT2D eigenvalue weighted by Crippen LogP contribution is -2.48. The molecule has 0 saturated carbocycles. The summed E-state index contributed by atoms with van der Waals surface area (Å²) in [7, 11) is 0. The van der Waals surface area contributed by atoms with Gasteiger partial charge >= 0.3 is 0 Å². The maximum Gasteiger partial charge on any atom is 0.239 e. The third-order valence-electron chi connectivity index (χ3n) is 6.15. The van der Waals surface area contributed by atoms with Gasteiger partial charge in [-0.05, 0) is 42.8 Å². The fraction of sp³-hybridized carbons (Fsp3) is 0.261. The van der Waals surface area contributed by atoms with Gasteiger partial charge in [-0.25, -0.2) is 4.90 Å². The zero-order valence-corrected chi connectivity index (χ0v) is 15.9. The van der Waals surface area contributed by atoms with Crippen LogP contribution in [0.2, 0.25) is 0 Å². The number of fused-ring (bicyclic) bond motifs is 5. The van der Waals surface area contributed by atoms with Gasteiger partial charge in [0.05, 0.1) is 23.6 Å². The minimum absolute atomic E-state index is 0.0624. The van der Waals surface area contributed by atoms with Crippen molar-refractivity contribution in [1.29, 1.82) is 0 Å².